The van der Waals surface area contributed by atoms with E-state index in [4.69, 9.17) is 0 Å². The van der Waals surface area contributed by atoms with Crippen LogP contribution in [0.1, 0.15) is 5.56 Å². The van der Waals surface area contributed by atoms with Gasteiger partial charge in [-0.2, -0.15) is 0 Å². The van der Waals surface area contributed by atoms with E-state index in [1.54, 1.807) is 0 Å². The lowest BCUT2D eigenvalue weighted by molar-refractivity contribution is -0.162. The summed E-state index contributed by atoms with van der Waals surface area (Å²) in [5, 5.41) is 41.3. The predicted octanol–water partition coefficient (Wildman–Crippen LogP) is -1.03. The summed E-state index contributed by atoms with van der Waals surface area (Å²) < 4.78 is 9.30. The van der Waals surface area contributed by atoms with Crippen molar-refractivity contribution in [2.45, 2.75) is 5.41 Å². The summed E-state index contributed by atoms with van der Waals surface area (Å²) in [5.74, 6) is -18.7. The summed E-state index contributed by atoms with van der Waals surface area (Å²) in [6, 6.07) is 6.46. The van der Waals surface area contributed by atoms with Crippen LogP contribution in [0.2, 0.25) is 0 Å². The van der Waals surface area contributed by atoms with E-state index >= 15 is 0 Å². The Balaban J connectivity index is 2.28. The number of Topliss-reactive ketones (excluding diaryl/α,β-unsaturated/α-hetero) is 2. The molecular weight excluding hydrogens is 512 g/mol. The fourth-order valence-corrected chi connectivity index (χ4v) is 5.18. The lowest BCUT2D eigenvalue weighted by atomic mass is 9.54. The Morgan fingerprint density at radius 3 is 1.63 bits per heavy atom. The SMILES string of the molecule is O=C(O)C1=C(C2COC(=O)C2=O)C(C(=O)O)(c2ccccc2)C=C(C2COC(=O)C2=O)C1(C(=O)O)C(=O)O. The van der Waals surface area contributed by atoms with Gasteiger partial charge in [0.1, 0.15) is 18.6 Å². The highest BCUT2D eigenvalue weighted by atomic mass is 16.6. The van der Waals surface area contributed by atoms with Crippen LogP contribution in [-0.2, 0) is 53.2 Å². The van der Waals surface area contributed by atoms with E-state index in [1.165, 1.54) is 30.3 Å². The average molecular weight is 528 g/mol. The highest BCUT2D eigenvalue weighted by molar-refractivity contribution is 6.38. The van der Waals surface area contributed by atoms with Gasteiger partial charge in [0.25, 0.3) is 11.6 Å². The number of carbonyl (C=O) groups excluding carboxylic acids is 4. The second-order valence-electron chi connectivity index (χ2n) is 8.56. The normalized spacial score (nSPS) is 26.5. The first-order chi connectivity index (χ1) is 17.8. The van der Waals surface area contributed by atoms with E-state index in [-0.39, 0.29) is 5.56 Å². The summed E-state index contributed by atoms with van der Waals surface area (Å²) in [6.07, 6.45) is 0.551. The minimum absolute atomic E-state index is 0.270. The maximum Gasteiger partial charge on any atom is 0.375 e. The number of ether oxygens (including phenoxy) is 2. The highest BCUT2D eigenvalue weighted by Crippen LogP contribution is 2.56. The Kier molecular flexibility index (Phi) is 5.98. The lowest BCUT2D eigenvalue weighted by Crippen LogP contribution is -2.56. The molecule has 4 N–H and O–H groups in total. The summed E-state index contributed by atoms with van der Waals surface area (Å²) in [5.41, 5.74) is -10.4. The van der Waals surface area contributed by atoms with Gasteiger partial charge in [-0.1, -0.05) is 36.4 Å². The summed E-state index contributed by atoms with van der Waals surface area (Å²) in [7, 11) is 0. The molecular formula is C24H16O14. The number of carbonyl (C=O) groups is 8. The highest BCUT2D eigenvalue weighted by Gasteiger charge is 2.68. The topological polar surface area (TPSA) is 236 Å². The molecule has 0 saturated carbocycles. The number of ketones is 2. The molecule has 4 rings (SSSR count). The van der Waals surface area contributed by atoms with Gasteiger partial charge < -0.3 is 29.9 Å². The van der Waals surface area contributed by atoms with Crippen molar-refractivity contribution in [1.29, 1.82) is 0 Å². The Morgan fingerprint density at radius 2 is 1.24 bits per heavy atom. The molecule has 14 nitrogen and oxygen atoms in total. The minimum atomic E-state index is -3.67. The average Bonchev–Trinajstić information content (AvgIpc) is 3.37. The third-order valence-electron chi connectivity index (χ3n) is 6.82. The first-order valence-corrected chi connectivity index (χ1v) is 10.7. The zero-order chi connectivity index (χ0) is 28.2. The number of hydrogen-bond donors (Lipinski definition) is 4. The molecule has 2 heterocycles. The number of rotatable bonds is 7. The van der Waals surface area contributed by atoms with Crippen LogP contribution < -0.4 is 0 Å². The van der Waals surface area contributed by atoms with Crippen LogP contribution in [-0.4, -0.2) is 81.0 Å². The Labute approximate surface area is 210 Å². The molecule has 1 aromatic rings. The Morgan fingerprint density at radius 1 is 0.737 bits per heavy atom. The van der Waals surface area contributed by atoms with Crippen LogP contribution in [0.3, 0.4) is 0 Å². The van der Waals surface area contributed by atoms with Crippen molar-refractivity contribution in [3.05, 3.63) is 58.7 Å². The first kappa shape index (κ1) is 25.9. The molecule has 196 valence electrons. The zero-order valence-electron chi connectivity index (χ0n) is 18.9. The molecule has 0 aromatic heterocycles. The number of esters is 2. The van der Waals surface area contributed by atoms with Crippen molar-refractivity contribution >= 4 is 47.4 Å². The smallest absolute Gasteiger partial charge is 0.375 e. The Hall–Kier alpha value is -5.14. The summed E-state index contributed by atoms with van der Waals surface area (Å²) in [6.45, 7) is -1.81. The van der Waals surface area contributed by atoms with E-state index in [0.29, 0.717) is 6.08 Å². The van der Waals surface area contributed by atoms with Crippen molar-refractivity contribution in [3.63, 3.8) is 0 Å². The molecule has 2 fully saturated rings. The number of carboxylic acid groups (broad SMARTS) is 4. The largest absolute Gasteiger partial charge is 0.480 e. The third-order valence-corrected chi connectivity index (χ3v) is 6.82. The molecule has 3 unspecified atom stereocenters. The molecule has 0 bridgehead atoms. The fourth-order valence-electron chi connectivity index (χ4n) is 5.18. The monoisotopic (exact) mass is 528 g/mol. The van der Waals surface area contributed by atoms with Gasteiger partial charge in [-0.05, 0) is 16.7 Å². The van der Waals surface area contributed by atoms with Crippen LogP contribution >= 0.6 is 0 Å². The van der Waals surface area contributed by atoms with E-state index in [2.05, 4.69) is 9.47 Å². The van der Waals surface area contributed by atoms with Gasteiger partial charge in [-0.25, -0.2) is 14.4 Å². The van der Waals surface area contributed by atoms with Gasteiger partial charge in [-0.15, -0.1) is 0 Å². The first-order valence-electron chi connectivity index (χ1n) is 10.7. The van der Waals surface area contributed by atoms with E-state index in [1.807, 2.05) is 0 Å². The third kappa shape index (κ3) is 3.26. The number of carboxylic acids is 4. The molecule has 0 amide bonds. The van der Waals surface area contributed by atoms with Gasteiger partial charge in [0.2, 0.25) is 5.41 Å². The zero-order valence-corrected chi connectivity index (χ0v) is 18.9. The number of aliphatic carboxylic acids is 4. The van der Waals surface area contributed by atoms with Gasteiger partial charge in [0.15, 0.2) is 0 Å². The molecule has 38 heavy (non-hydrogen) atoms. The molecule has 14 heteroatoms. The molecule has 0 spiro atoms. The molecule has 1 aromatic carbocycles. The number of hydrogen-bond acceptors (Lipinski definition) is 10. The van der Waals surface area contributed by atoms with Gasteiger partial charge in [0, 0.05) is 0 Å². The van der Waals surface area contributed by atoms with Crippen molar-refractivity contribution in [1.82, 2.24) is 0 Å². The van der Waals surface area contributed by atoms with Crippen molar-refractivity contribution < 1.29 is 68.3 Å². The fraction of sp³-hybridized carbons (Fsp3) is 0.250. The van der Waals surface area contributed by atoms with Crippen LogP contribution in [0, 0.1) is 17.3 Å². The van der Waals surface area contributed by atoms with Gasteiger partial charge in [-0.3, -0.25) is 24.0 Å². The van der Waals surface area contributed by atoms with E-state index in [9.17, 15) is 58.8 Å². The number of cyclic esters (lactones) is 2. The van der Waals surface area contributed by atoms with Crippen LogP contribution in [0.15, 0.2) is 53.1 Å². The molecule has 2 aliphatic heterocycles. The van der Waals surface area contributed by atoms with Gasteiger partial charge >= 0.3 is 35.8 Å². The summed E-state index contributed by atoms with van der Waals surface area (Å²) >= 11 is 0. The van der Waals surface area contributed by atoms with E-state index in [0.717, 1.165) is 0 Å². The molecule has 3 aliphatic rings. The standard InChI is InChI=1S/C24H16O14/c25-15-10(7-37-18(15)29)12-6-23(20(31)32,9-4-2-1-3-5-9)13(11-8-38-19(30)16(11)26)14(17(27)28)24(12,21(33)34)22(35)36/h1-6,10-11H,7-8H2,(H,27,28)(H,31,32)(H,33,34)(H,35,36). The predicted molar refractivity (Wildman–Crippen MR) is 115 cm³/mol. The quantitative estimate of drug-likeness (QED) is 0.143. The van der Waals surface area contributed by atoms with Crippen molar-refractivity contribution in [3.8, 4) is 0 Å². The second-order valence-corrected chi connectivity index (χ2v) is 8.56. The van der Waals surface area contributed by atoms with Gasteiger partial charge in [0.05, 0.1) is 17.4 Å². The Bertz CT molecular complexity index is 1400. The molecule has 3 atom stereocenters. The second kappa shape index (κ2) is 8.76. The minimum Gasteiger partial charge on any atom is -0.480 e. The van der Waals surface area contributed by atoms with Crippen LogP contribution in [0.5, 0.6) is 0 Å². The van der Waals surface area contributed by atoms with Crippen molar-refractivity contribution in [2.24, 2.45) is 17.3 Å². The maximum atomic E-state index is 13.1. The molecule has 0 radical (unpaired) electrons. The lowest BCUT2D eigenvalue weighted by Gasteiger charge is -2.43. The number of benzene rings is 1. The molecule has 2 saturated heterocycles. The molecule has 1 aliphatic carbocycles. The van der Waals surface area contributed by atoms with E-state index < -0.39 is 100.0 Å². The van der Waals surface area contributed by atoms with Crippen LogP contribution in [0.25, 0.3) is 0 Å². The maximum absolute atomic E-state index is 13.1. The summed E-state index contributed by atoms with van der Waals surface area (Å²) in [4.78, 5) is 101. The van der Waals surface area contributed by atoms with Crippen molar-refractivity contribution in [2.75, 3.05) is 13.2 Å². The van der Waals surface area contributed by atoms with Crippen LogP contribution in [0.4, 0.5) is 0 Å².